The van der Waals surface area contributed by atoms with Gasteiger partial charge >= 0.3 is 5.97 Å². The van der Waals surface area contributed by atoms with E-state index in [0.29, 0.717) is 6.42 Å². The van der Waals surface area contributed by atoms with E-state index in [1.165, 1.54) is 0 Å². The highest BCUT2D eigenvalue weighted by Crippen LogP contribution is 2.50. The standard InChI is InChI=1S/C15H19N3O2/c1-15(2,3)20-14(19)12-9-11(12)13(17-18-16)10-7-5-4-6-8-10/h4-8,11-13H,9H2,1-3H3/t11-,12-,13+/m1/s1. The molecule has 1 fully saturated rings. The Hall–Kier alpha value is -2.00. The molecule has 5 heteroatoms. The predicted octanol–water partition coefficient (Wildman–Crippen LogP) is 4.02. The first kappa shape index (κ1) is 14.4. The zero-order valence-electron chi connectivity index (χ0n) is 12.0. The zero-order valence-corrected chi connectivity index (χ0v) is 12.0. The molecule has 0 bridgehead atoms. The van der Waals surface area contributed by atoms with Crippen molar-refractivity contribution in [3.05, 3.63) is 46.3 Å². The van der Waals surface area contributed by atoms with E-state index in [1.54, 1.807) is 0 Å². The van der Waals surface area contributed by atoms with Crippen LogP contribution in [0.1, 0.15) is 38.8 Å². The second-order valence-electron chi connectivity index (χ2n) is 6.10. The Morgan fingerprint density at radius 3 is 2.60 bits per heavy atom. The molecular formula is C15H19N3O2. The molecule has 0 unspecified atom stereocenters. The summed E-state index contributed by atoms with van der Waals surface area (Å²) in [7, 11) is 0. The van der Waals surface area contributed by atoms with Gasteiger partial charge in [0.1, 0.15) is 5.60 Å². The summed E-state index contributed by atoms with van der Waals surface area (Å²) in [5, 5.41) is 3.86. The Balaban J connectivity index is 2.08. The van der Waals surface area contributed by atoms with Crippen LogP contribution < -0.4 is 0 Å². The molecule has 0 aromatic heterocycles. The Bertz CT molecular complexity index is 530. The van der Waals surface area contributed by atoms with Crippen molar-refractivity contribution in [2.45, 2.75) is 38.8 Å². The van der Waals surface area contributed by atoms with Crippen LogP contribution in [0.2, 0.25) is 0 Å². The van der Waals surface area contributed by atoms with E-state index < -0.39 is 5.60 Å². The van der Waals surface area contributed by atoms with Gasteiger partial charge in [-0.1, -0.05) is 35.4 Å². The average Bonchev–Trinajstić information content (AvgIpc) is 3.15. The van der Waals surface area contributed by atoms with Gasteiger partial charge < -0.3 is 4.74 Å². The lowest BCUT2D eigenvalue weighted by molar-refractivity contribution is -0.156. The Kier molecular flexibility index (Phi) is 4.00. The number of hydrogen-bond donors (Lipinski definition) is 0. The van der Waals surface area contributed by atoms with Gasteiger partial charge in [-0.15, -0.1) is 0 Å². The molecule has 1 aliphatic rings. The van der Waals surface area contributed by atoms with Crippen molar-refractivity contribution in [3.63, 3.8) is 0 Å². The van der Waals surface area contributed by atoms with E-state index in [-0.39, 0.29) is 23.8 Å². The minimum Gasteiger partial charge on any atom is -0.460 e. The van der Waals surface area contributed by atoms with Crippen LogP contribution in [0.4, 0.5) is 0 Å². The van der Waals surface area contributed by atoms with Gasteiger partial charge in [0.05, 0.1) is 12.0 Å². The summed E-state index contributed by atoms with van der Waals surface area (Å²) in [5.74, 6) is -0.315. The summed E-state index contributed by atoms with van der Waals surface area (Å²) in [5.41, 5.74) is 9.19. The maximum Gasteiger partial charge on any atom is 0.309 e. The average molecular weight is 273 g/mol. The van der Waals surface area contributed by atoms with Gasteiger partial charge in [-0.25, -0.2) is 0 Å². The van der Waals surface area contributed by atoms with Crippen LogP contribution in [0.5, 0.6) is 0 Å². The van der Waals surface area contributed by atoms with Crippen molar-refractivity contribution < 1.29 is 9.53 Å². The highest BCUT2D eigenvalue weighted by Gasteiger charge is 2.49. The molecule has 1 aromatic rings. The molecule has 0 aliphatic heterocycles. The molecule has 0 saturated heterocycles. The summed E-state index contributed by atoms with van der Waals surface area (Å²) in [6.45, 7) is 5.55. The van der Waals surface area contributed by atoms with Crippen LogP contribution in [-0.4, -0.2) is 11.6 Å². The van der Waals surface area contributed by atoms with E-state index >= 15 is 0 Å². The lowest BCUT2D eigenvalue weighted by Crippen LogP contribution is -2.25. The van der Waals surface area contributed by atoms with Crippen molar-refractivity contribution in [2.75, 3.05) is 0 Å². The van der Waals surface area contributed by atoms with Crippen LogP contribution in [0, 0.1) is 11.8 Å². The molecule has 3 atom stereocenters. The zero-order chi connectivity index (χ0) is 14.8. The van der Waals surface area contributed by atoms with Gasteiger partial charge in [0.25, 0.3) is 0 Å². The van der Waals surface area contributed by atoms with Crippen LogP contribution in [0.3, 0.4) is 0 Å². The summed E-state index contributed by atoms with van der Waals surface area (Å²) < 4.78 is 5.38. The Morgan fingerprint density at radius 1 is 1.40 bits per heavy atom. The van der Waals surface area contributed by atoms with Gasteiger partial charge in [0, 0.05) is 4.91 Å². The maximum absolute atomic E-state index is 12.0. The van der Waals surface area contributed by atoms with Gasteiger partial charge in [0.15, 0.2) is 0 Å². The van der Waals surface area contributed by atoms with Crippen LogP contribution in [0.25, 0.3) is 10.4 Å². The number of benzene rings is 1. The first-order valence-corrected chi connectivity index (χ1v) is 6.74. The van der Waals surface area contributed by atoms with Crippen LogP contribution in [0.15, 0.2) is 35.4 Å². The number of hydrogen-bond acceptors (Lipinski definition) is 3. The van der Waals surface area contributed by atoms with Crippen LogP contribution >= 0.6 is 0 Å². The third-order valence-corrected chi connectivity index (χ3v) is 3.27. The molecule has 5 nitrogen and oxygen atoms in total. The number of azide groups is 1. The number of carbonyl (C=O) groups excluding carboxylic acids is 1. The SMILES string of the molecule is CC(C)(C)OC(=O)[C@@H]1C[C@H]1[C@@H](N=[N+]=[N-])c1ccccc1. The van der Waals surface area contributed by atoms with E-state index in [2.05, 4.69) is 10.0 Å². The second kappa shape index (κ2) is 5.55. The molecule has 2 rings (SSSR count). The van der Waals surface area contributed by atoms with E-state index in [9.17, 15) is 4.79 Å². The summed E-state index contributed by atoms with van der Waals surface area (Å²) >= 11 is 0. The topological polar surface area (TPSA) is 75.1 Å². The number of esters is 1. The van der Waals surface area contributed by atoms with Crippen molar-refractivity contribution >= 4 is 5.97 Å². The largest absolute Gasteiger partial charge is 0.460 e. The summed E-state index contributed by atoms with van der Waals surface area (Å²) in [6.07, 6.45) is 0.716. The third-order valence-electron chi connectivity index (χ3n) is 3.27. The molecule has 1 aliphatic carbocycles. The normalized spacial score (nSPS) is 22.6. The van der Waals surface area contributed by atoms with E-state index in [1.807, 2.05) is 51.1 Å². The van der Waals surface area contributed by atoms with Crippen molar-refractivity contribution in [2.24, 2.45) is 17.0 Å². The van der Waals surface area contributed by atoms with Gasteiger partial charge in [-0.2, -0.15) is 0 Å². The Morgan fingerprint density at radius 2 is 2.05 bits per heavy atom. The monoisotopic (exact) mass is 273 g/mol. The lowest BCUT2D eigenvalue weighted by Gasteiger charge is -2.20. The molecule has 106 valence electrons. The molecule has 1 aromatic carbocycles. The molecule has 0 amide bonds. The van der Waals surface area contributed by atoms with Gasteiger partial charge in [-0.3, -0.25) is 4.79 Å². The van der Waals surface area contributed by atoms with Crippen molar-refractivity contribution in [3.8, 4) is 0 Å². The Labute approximate surface area is 118 Å². The fourth-order valence-electron chi connectivity index (χ4n) is 2.32. The molecule has 0 N–H and O–H groups in total. The summed E-state index contributed by atoms with van der Waals surface area (Å²) in [6, 6.07) is 9.27. The van der Waals surface area contributed by atoms with E-state index in [4.69, 9.17) is 10.3 Å². The molecule has 20 heavy (non-hydrogen) atoms. The molecule has 1 saturated carbocycles. The quantitative estimate of drug-likeness (QED) is 0.359. The number of rotatable bonds is 4. The first-order valence-electron chi connectivity index (χ1n) is 6.74. The molecule has 0 heterocycles. The second-order valence-corrected chi connectivity index (χ2v) is 6.10. The minimum atomic E-state index is -0.481. The molecular weight excluding hydrogens is 254 g/mol. The lowest BCUT2D eigenvalue weighted by atomic mass is 10.0. The smallest absolute Gasteiger partial charge is 0.309 e. The van der Waals surface area contributed by atoms with Crippen LogP contribution in [-0.2, 0) is 9.53 Å². The summed E-state index contributed by atoms with van der Waals surface area (Å²) in [4.78, 5) is 14.9. The molecule has 0 radical (unpaired) electrons. The fraction of sp³-hybridized carbons (Fsp3) is 0.533. The highest BCUT2D eigenvalue weighted by atomic mass is 16.6. The highest BCUT2D eigenvalue weighted by molar-refractivity contribution is 5.76. The van der Waals surface area contributed by atoms with Gasteiger partial charge in [-0.05, 0) is 44.2 Å². The number of ether oxygens (including phenoxy) is 1. The number of carbonyl (C=O) groups is 1. The van der Waals surface area contributed by atoms with E-state index in [0.717, 1.165) is 5.56 Å². The fourth-order valence-corrected chi connectivity index (χ4v) is 2.32. The maximum atomic E-state index is 12.0. The molecule has 0 spiro atoms. The van der Waals surface area contributed by atoms with Crippen molar-refractivity contribution in [1.29, 1.82) is 0 Å². The van der Waals surface area contributed by atoms with Gasteiger partial charge in [0.2, 0.25) is 0 Å². The number of nitrogens with zero attached hydrogens (tertiary/aromatic N) is 3. The van der Waals surface area contributed by atoms with Crippen molar-refractivity contribution in [1.82, 2.24) is 0 Å². The minimum absolute atomic E-state index is 0.0446. The first-order chi connectivity index (χ1) is 9.42. The third kappa shape index (κ3) is 3.52. The predicted molar refractivity (Wildman–Crippen MR) is 75.8 cm³/mol.